The average molecular weight is 488 g/mol. The maximum Gasteiger partial charge on any atom is 0.274 e. The topological polar surface area (TPSA) is 116 Å². The van der Waals surface area contributed by atoms with Crippen LogP contribution in [-0.4, -0.2) is 55.9 Å². The lowest BCUT2D eigenvalue weighted by Crippen LogP contribution is -2.40. The smallest absolute Gasteiger partial charge is 0.274 e. The summed E-state index contributed by atoms with van der Waals surface area (Å²) < 4.78 is 40.4. The number of primary amides is 1. The van der Waals surface area contributed by atoms with Gasteiger partial charge in [0.15, 0.2) is 0 Å². The molecule has 180 valence electrons. The standard InChI is InChI=1S/C23H26FN5O4S/c1-3-27(4-2)34(32,33)18-9-10-20-15(13-18)11-12-28(20)23(31)19-14-21(22(25)30)29(26-19)17-7-5-16(24)6-8-17/h5-10,13,21H,3-4,11-12,14H2,1-2H3,(H2,25,30). The largest absolute Gasteiger partial charge is 0.368 e. The molecular weight excluding hydrogens is 461 g/mol. The van der Waals surface area contributed by atoms with Gasteiger partial charge in [-0.25, -0.2) is 12.8 Å². The maximum absolute atomic E-state index is 13.3. The monoisotopic (exact) mass is 487 g/mol. The number of sulfonamides is 1. The molecule has 0 saturated heterocycles. The van der Waals surface area contributed by atoms with Crippen LogP contribution in [0, 0.1) is 5.82 Å². The molecule has 4 rings (SSSR count). The Kier molecular flexibility index (Phi) is 6.41. The maximum atomic E-state index is 13.3. The van der Waals surface area contributed by atoms with E-state index in [9.17, 15) is 22.4 Å². The van der Waals surface area contributed by atoms with Gasteiger partial charge in [0.1, 0.15) is 17.6 Å². The van der Waals surface area contributed by atoms with Gasteiger partial charge < -0.3 is 10.6 Å². The molecule has 0 bridgehead atoms. The second kappa shape index (κ2) is 9.15. The van der Waals surface area contributed by atoms with Crippen LogP contribution < -0.4 is 15.6 Å². The first-order chi connectivity index (χ1) is 16.2. The van der Waals surface area contributed by atoms with Crippen molar-refractivity contribution in [3.05, 3.63) is 53.8 Å². The molecule has 2 amide bonds. The Bertz CT molecular complexity index is 1260. The summed E-state index contributed by atoms with van der Waals surface area (Å²) in [5.74, 6) is -1.46. The quantitative estimate of drug-likeness (QED) is 0.640. The van der Waals surface area contributed by atoms with Crippen LogP contribution in [0.2, 0.25) is 0 Å². The third-order valence-electron chi connectivity index (χ3n) is 6.11. The molecule has 0 radical (unpaired) electrons. The Hall–Kier alpha value is -3.31. The summed E-state index contributed by atoms with van der Waals surface area (Å²) in [6.07, 6.45) is 0.517. The Labute approximate surface area is 197 Å². The fourth-order valence-corrected chi connectivity index (χ4v) is 5.82. The number of hydrazone groups is 1. The van der Waals surface area contributed by atoms with E-state index in [1.807, 2.05) is 0 Å². The molecule has 1 unspecified atom stereocenters. The number of hydrogen-bond acceptors (Lipinski definition) is 6. The van der Waals surface area contributed by atoms with E-state index in [1.54, 1.807) is 26.0 Å². The van der Waals surface area contributed by atoms with Crippen molar-refractivity contribution in [2.75, 3.05) is 29.5 Å². The molecule has 9 nitrogen and oxygen atoms in total. The molecule has 0 saturated carbocycles. The first-order valence-corrected chi connectivity index (χ1v) is 12.5. The van der Waals surface area contributed by atoms with E-state index in [-0.39, 0.29) is 22.9 Å². The summed E-state index contributed by atoms with van der Waals surface area (Å²) >= 11 is 0. The van der Waals surface area contributed by atoms with Gasteiger partial charge in [0, 0.05) is 31.7 Å². The molecule has 2 heterocycles. The number of carbonyl (C=O) groups is 2. The number of rotatable bonds is 7. The van der Waals surface area contributed by atoms with Gasteiger partial charge in [-0.3, -0.25) is 14.6 Å². The van der Waals surface area contributed by atoms with Gasteiger partial charge in [0.05, 0.1) is 10.6 Å². The number of nitrogens with zero attached hydrogens (tertiary/aromatic N) is 4. The second-order valence-corrected chi connectivity index (χ2v) is 10.0. The first-order valence-electron chi connectivity index (χ1n) is 11.0. The van der Waals surface area contributed by atoms with Crippen LogP contribution in [0.25, 0.3) is 0 Å². The van der Waals surface area contributed by atoms with Crippen LogP contribution in [0.15, 0.2) is 52.5 Å². The van der Waals surface area contributed by atoms with Gasteiger partial charge in [-0.2, -0.15) is 9.41 Å². The van der Waals surface area contributed by atoms with Gasteiger partial charge >= 0.3 is 0 Å². The molecule has 2 aromatic rings. The van der Waals surface area contributed by atoms with Crippen molar-refractivity contribution in [1.82, 2.24) is 4.31 Å². The van der Waals surface area contributed by atoms with Crippen LogP contribution >= 0.6 is 0 Å². The Balaban J connectivity index is 1.61. The number of halogens is 1. The van der Waals surface area contributed by atoms with Gasteiger partial charge in [0.25, 0.3) is 5.91 Å². The van der Waals surface area contributed by atoms with Gasteiger partial charge in [-0.1, -0.05) is 13.8 Å². The number of anilines is 2. The van der Waals surface area contributed by atoms with Gasteiger partial charge in [-0.05, 0) is 54.4 Å². The van der Waals surface area contributed by atoms with E-state index in [0.29, 0.717) is 37.4 Å². The van der Waals surface area contributed by atoms with E-state index >= 15 is 0 Å². The second-order valence-electron chi connectivity index (χ2n) is 8.08. The average Bonchev–Trinajstić information content (AvgIpc) is 3.44. The Morgan fingerprint density at radius 2 is 1.82 bits per heavy atom. The fraction of sp³-hybridized carbons (Fsp3) is 0.348. The molecule has 11 heteroatoms. The van der Waals surface area contributed by atoms with Gasteiger partial charge in [0.2, 0.25) is 15.9 Å². The minimum atomic E-state index is -3.61. The minimum Gasteiger partial charge on any atom is -0.368 e. The van der Waals surface area contributed by atoms with Crippen LogP contribution in [0.3, 0.4) is 0 Å². The third-order valence-corrected chi connectivity index (χ3v) is 8.16. The van der Waals surface area contributed by atoms with Crippen molar-refractivity contribution < 1.29 is 22.4 Å². The van der Waals surface area contributed by atoms with Crippen LogP contribution in [0.1, 0.15) is 25.8 Å². The van der Waals surface area contributed by atoms with E-state index < -0.39 is 27.8 Å². The molecule has 2 aromatic carbocycles. The van der Waals surface area contributed by atoms with E-state index in [1.165, 1.54) is 44.5 Å². The highest BCUT2D eigenvalue weighted by molar-refractivity contribution is 7.89. The third kappa shape index (κ3) is 4.16. The molecular formula is C23H26FN5O4S. The normalized spacial score (nSPS) is 17.8. The molecule has 0 aliphatic carbocycles. The highest BCUT2D eigenvalue weighted by atomic mass is 32.2. The van der Waals surface area contributed by atoms with Crippen molar-refractivity contribution in [1.29, 1.82) is 0 Å². The van der Waals surface area contributed by atoms with Crippen molar-refractivity contribution in [2.24, 2.45) is 10.8 Å². The summed E-state index contributed by atoms with van der Waals surface area (Å²) in [4.78, 5) is 27.1. The molecule has 2 aliphatic rings. The molecule has 2 aliphatic heterocycles. The zero-order valence-electron chi connectivity index (χ0n) is 18.9. The number of hydrogen-bond donors (Lipinski definition) is 1. The molecule has 0 spiro atoms. The molecule has 0 aromatic heterocycles. The van der Waals surface area contributed by atoms with E-state index in [0.717, 1.165) is 5.56 Å². The summed E-state index contributed by atoms with van der Waals surface area (Å²) in [6, 6.07) is 9.29. The number of fused-ring (bicyclic) bond motifs is 1. The lowest BCUT2D eigenvalue weighted by atomic mass is 10.1. The van der Waals surface area contributed by atoms with Crippen LogP contribution in [0.5, 0.6) is 0 Å². The van der Waals surface area contributed by atoms with E-state index in [4.69, 9.17) is 5.73 Å². The van der Waals surface area contributed by atoms with Crippen LogP contribution in [-0.2, 0) is 26.0 Å². The lowest BCUT2D eigenvalue weighted by Gasteiger charge is -2.20. The SMILES string of the molecule is CCN(CC)S(=O)(=O)c1ccc2c(c1)CCN2C(=O)C1=NN(c2ccc(F)cc2)C(C(N)=O)C1. The number of nitrogens with two attached hydrogens (primary N) is 1. The minimum absolute atomic E-state index is 0.0196. The number of amides is 2. The Morgan fingerprint density at radius 1 is 1.15 bits per heavy atom. The first kappa shape index (κ1) is 23.8. The van der Waals surface area contributed by atoms with Crippen molar-refractivity contribution >= 4 is 38.9 Å². The van der Waals surface area contributed by atoms with Crippen LogP contribution in [0.4, 0.5) is 15.8 Å². The van der Waals surface area contributed by atoms with Gasteiger partial charge in [-0.15, -0.1) is 0 Å². The molecule has 34 heavy (non-hydrogen) atoms. The fourth-order valence-electron chi connectivity index (χ4n) is 4.31. The highest BCUT2D eigenvalue weighted by Gasteiger charge is 2.38. The van der Waals surface area contributed by atoms with Crippen molar-refractivity contribution in [2.45, 2.75) is 37.6 Å². The highest BCUT2D eigenvalue weighted by Crippen LogP contribution is 2.33. The van der Waals surface area contributed by atoms with Crippen molar-refractivity contribution in [3.8, 4) is 0 Å². The van der Waals surface area contributed by atoms with Crippen molar-refractivity contribution in [3.63, 3.8) is 0 Å². The number of carbonyl (C=O) groups excluding carboxylic acids is 2. The number of benzene rings is 2. The molecule has 2 N–H and O–H groups in total. The van der Waals surface area contributed by atoms with E-state index in [2.05, 4.69) is 5.10 Å². The zero-order valence-corrected chi connectivity index (χ0v) is 19.8. The summed E-state index contributed by atoms with van der Waals surface area (Å²) in [6.45, 7) is 4.66. The predicted octanol–water partition coefficient (Wildman–Crippen LogP) is 1.87. The molecule has 0 fully saturated rings. The molecule has 1 atom stereocenters. The zero-order chi connectivity index (χ0) is 24.6. The Morgan fingerprint density at radius 3 is 2.44 bits per heavy atom. The summed E-state index contributed by atoms with van der Waals surface area (Å²) in [5.41, 5.74) is 7.50. The predicted molar refractivity (Wildman–Crippen MR) is 127 cm³/mol. The summed E-state index contributed by atoms with van der Waals surface area (Å²) in [7, 11) is -3.61. The summed E-state index contributed by atoms with van der Waals surface area (Å²) in [5, 5.41) is 5.68. The lowest BCUT2D eigenvalue weighted by molar-refractivity contribution is -0.119.